The topological polar surface area (TPSA) is 12.0 Å². The summed E-state index contributed by atoms with van der Waals surface area (Å²) in [5, 5.41) is 3.16. The zero-order valence-corrected chi connectivity index (χ0v) is 8.98. The van der Waals surface area contributed by atoms with Crippen LogP contribution in [-0.2, 0) is 0 Å². The molecule has 0 saturated carbocycles. The summed E-state index contributed by atoms with van der Waals surface area (Å²) in [4.78, 5) is 0. The third-order valence-electron chi connectivity index (χ3n) is 3.11. The summed E-state index contributed by atoms with van der Waals surface area (Å²) in [7, 11) is 0. The number of hydrogen-bond acceptors (Lipinski definition) is 1. The van der Waals surface area contributed by atoms with Gasteiger partial charge in [-0.05, 0) is 22.8 Å². The zero-order valence-electron chi connectivity index (χ0n) is 8.98. The summed E-state index contributed by atoms with van der Waals surface area (Å²) < 4.78 is 0. The van der Waals surface area contributed by atoms with Crippen LogP contribution in [0.1, 0.15) is 17.0 Å². The first kappa shape index (κ1) is 9.22. The van der Waals surface area contributed by atoms with Crippen molar-refractivity contribution in [3.63, 3.8) is 0 Å². The van der Waals surface area contributed by atoms with Gasteiger partial charge in [0.15, 0.2) is 0 Å². The maximum atomic E-state index is 4.05. The highest BCUT2D eigenvalue weighted by Crippen LogP contribution is 2.37. The molecule has 1 nitrogen and oxygen atoms in total. The quantitative estimate of drug-likeness (QED) is 0.744. The van der Waals surface area contributed by atoms with E-state index in [4.69, 9.17) is 0 Å². The van der Waals surface area contributed by atoms with E-state index < -0.39 is 0 Å². The molecule has 1 heterocycles. The van der Waals surface area contributed by atoms with E-state index in [2.05, 4.69) is 54.4 Å². The van der Waals surface area contributed by atoms with Crippen LogP contribution in [0.15, 0.2) is 66.5 Å². The number of fused-ring (bicyclic) bond motifs is 1. The predicted octanol–water partition coefficient (Wildman–Crippen LogP) is 3.35. The van der Waals surface area contributed by atoms with Crippen molar-refractivity contribution in [1.29, 1.82) is 0 Å². The number of rotatable bonds is 1. The summed E-state index contributed by atoms with van der Waals surface area (Å²) in [6, 6.07) is 8.51. The molecule has 1 aliphatic carbocycles. The molecule has 2 aliphatic rings. The summed E-state index contributed by atoms with van der Waals surface area (Å²) >= 11 is 0. The lowest BCUT2D eigenvalue weighted by atomic mass is 9.90. The average molecular weight is 207 g/mol. The molecule has 1 aromatic rings. The molecule has 0 fully saturated rings. The van der Waals surface area contributed by atoms with E-state index in [9.17, 15) is 0 Å². The second-order valence-electron chi connectivity index (χ2n) is 4.07. The van der Waals surface area contributed by atoms with Crippen LogP contribution in [0.4, 0.5) is 0 Å². The highest BCUT2D eigenvalue weighted by Gasteiger charge is 2.22. The molecule has 1 N–H and O–H groups in total. The molecule has 3 rings (SSSR count). The molecule has 16 heavy (non-hydrogen) atoms. The number of nitrogens with one attached hydrogen (secondary N) is 1. The largest absolute Gasteiger partial charge is 0.362 e. The minimum atomic E-state index is 0.348. The Bertz CT molecular complexity index is 532. The smallest absolute Gasteiger partial charge is 0.0348 e. The fourth-order valence-corrected chi connectivity index (χ4v) is 2.30. The third-order valence-corrected chi connectivity index (χ3v) is 3.11. The molecule has 0 bridgehead atoms. The van der Waals surface area contributed by atoms with E-state index in [0.29, 0.717) is 5.92 Å². The van der Waals surface area contributed by atoms with Crippen LogP contribution in [0, 0.1) is 0 Å². The summed E-state index contributed by atoms with van der Waals surface area (Å²) in [5.74, 6) is 0.348. The van der Waals surface area contributed by atoms with Gasteiger partial charge in [-0.15, -0.1) is 0 Å². The lowest BCUT2D eigenvalue weighted by molar-refractivity contribution is 0.944. The normalized spacial score (nSPS) is 21.6. The minimum Gasteiger partial charge on any atom is -0.362 e. The highest BCUT2D eigenvalue weighted by molar-refractivity contribution is 5.66. The Morgan fingerprint density at radius 1 is 1.19 bits per heavy atom. The molecular weight excluding hydrogens is 194 g/mol. The van der Waals surface area contributed by atoms with Gasteiger partial charge in [-0.3, -0.25) is 0 Å². The van der Waals surface area contributed by atoms with E-state index in [1.54, 1.807) is 0 Å². The maximum Gasteiger partial charge on any atom is 0.0348 e. The molecule has 0 amide bonds. The van der Waals surface area contributed by atoms with Crippen molar-refractivity contribution in [3.05, 3.63) is 77.7 Å². The van der Waals surface area contributed by atoms with E-state index in [0.717, 1.165) is 5.70 Å². The Kier molecular flexibility index (Phi) is 2.03. The second-order valence-corrected chi connectivity index (χ2v) is 4.07. The highest BCUT2D eigenvalue weighted by atomic mass is 14.9. The molecule has 1 unspecified atom stereocenters. The lowest BCUT2D eigenvalue weighted by Crippen LogP contribution is -2.13. The Morgan fingerprint density at radius 3 is 2.94 bits per heavy atom. The first-order chi connectivity index (χ1) is 7.86. The Balaban J connectivity index is 2.05. The Labute approximate surface area is 95.5 Å². The van der Waals surface area contributed by atoms with Crippen LogP contribution in [0.2, 0.25) is 0 Å². The van der Waals surface area contributed by atoms with Gasteiger partial charge in [-0.1, -0.05) is 49.1 Å². The van der Waals surface area contributed by atoms with Crippen LogP contribution in [0.3, 0.4) is 0 Å². The fraction of sp³-hybridized carbons (Fsp3) is 0.0667. The van der Waals surface area contributed by atoms with Crippen LogP contribution in [0.25, 0.3) is 6.08 Å². The van der Waals surface area contributed by atoms with Crippen LogP contribution < -0.4 is 5.32 Å². The van der Waals surface area contributed by atoms with Gasteiger partial charge in [0.05, 0.1) is 0 Å². The number of hydrogen-bond donors (Lipinski definition) is 1. The third kappa shape index (κ3) is 1.33. The molecule has 1 aromatic carbocycles. The van der Waals surface area contributed by atoms with E-state index in [-0.39, 0.29) is 0 Å². The molecular formula is C15H13N. The molecule has 1 heteroatoms. The Hall–Kier alpha value is -2.02. The van der Waals surface area contributed by atoms with Crippen molar-refractivity contribution >= 4 is 6.08 Å². The van der Waals surface area contributed by atoms with E-state index in [1.807, 2.05) is 12.3 Å². The molecule has 0 radical (unpaired) electrons. The van der Waals surface area contributed by atoms with Crippen LogP contribution >= 0.6 is 0 Å². The van der Waals surface area contributed by atoms with Gasteiger partial charge < -0.3 is 5.32 Å². The standard InChI is InChI=1S/C15H13N/c1-11-13(7-4-10-16-11)15-9-8-12-5-2-3-6-14(12)15/h2-10,15-16H,1H2. The summed E-state index contributed by atoms with van der Waals surface area (Å²) in [6.45, 7) is 4.05. The van der Waals surface area contributed by atoms with Crippen LogP contribution in [-0.4, -0.2) is 0 Å². The van der Waals surface area contributed by atoms with Crippen LogP contribution in [0.5, 0.6) is 0 Å². The molecule has 0 spiro atoms. The average Bonchev–Trinajstić information content (AvgIpc) is 2.74. The van der Waals surface area contributed by atoms with E-state index in [1.165, 1.54) is 16.7 Å². The molecule has 0 aromatic heterocycles. The van der Waals surface area contributed by atoms with Gasteiger partial charge in [0, 0.05) is 17.8 Å². The molecule has 0 saturated heterocycles. The molecule has 1 atom stereocenters. The van der Waals surface area contributed by atoms with Crippen molar-refractivity contribution in [3.8, 4) is 0 Å². The number of benzene rings is 1. The van der Waals surface area contributed by atoms with Crippen molar-refractivity contribution in [1.82, 2.24) is 5.32 Å². The van der Waals surface area contributed by atoms with Crippen molar-refractivity contribution in [2.45, 2.75) is 5.92 Å². The Morgan fingerprint density at radius 2 is 2.06 bits per heavy atom. The first-order valence-corrected chi connectivity index (χ1v) is 5.46. The van der Waals surface area contributed by atoms with Gasteiger partial charge in [0.2, 0.25) is 0 Å². The maximum absolute atomic E-state index is 4.05. The monoisotopic (exact) mass is 207 g/mol. The molecule has 78 valence electrons. The van der Waals surface area contributed by atoms with Crippen molar-refractivity contribution in [2.75, 3.05) is 0 Å². The summed E-state index contributed by atoms with van der Waals surface area (Å²) in [5.41, 5.74) is 4.93. The lowest BCUT2D eigenvalue weighted by Gasteiger charge is -2.20. The van der Waals surface area contributed by atoms with E-state index >= 15 is 0 Å². The fourth-order valence-electron chi connectivity index (χ4n) is 2.30. The molecule has 1 aliphatic heterocycles. The second kappa shape index (κ2) is 3.53. The van der Waals surface area contributed by atoms with Gasteiger partial charge in [0.1, 0.15) is 0 Å². The number of allylic oxidation sites excluding steroid dienone is 4. The van der Waals surface area contributed by atoms with Gasteiger partial charge in [-0.2, -0.15) is 0 Å². The van der Waals surface area contributed by atoms with Gasteiger partial charge in [-0.25, -0.2) is 0 Å². The van der Waals surface area contributed by atoms with Crippen molar-refractivity contribution < 1.29 is 0 Å². The first-order valence-electron chi connectivity index (χ1n) is 5.46. The predicted molar refractivity (Wildman–Crippen MR) is 67.7 cm³/mol. The van der Waals surface area contributed by atoms with Gasteiger partial charge in [0.25, 0.3) is 0 Å². The minimum absolute atomic E-state index is 0.348. The van der Waals surface area contributed by atoms with Gasteiger partial charge >= 0.3 is 0 Å². The zero-order chi connectivity index (χ0) is 11.0. The van der Waals surface area contributed by atoms with Crippen molar-refractivity contribution in [2.24, 2.45) is 0 Å². The summed E-state index contributed by atoms with van der Waals surface area (Å²) in [6.07, 6.45) is 10.5. The SMILES string of the molecule is C=C1NC=CC=C1C1C=Cc2ccccc21. The number of dihydropyridines is 1.